The highest BCUT2D eigenvalue weighted by molar-refractivity contribution is 5.85. The zero-order valence-corrected chi connectivity index (χ0v) is 9.29. The van der Waals surface area contributed by atoms with Crippen LogP contribution in [-0.4, -0.2) is 37.1 Å². The number of halogens is 2. The molecule has 0 spiro atoms. The molecule has 6 heteroatoms. The van der Waals surface area contributed by atoms with Crippen LogP contribution in [0.2, 0.25) is 0 Å². The molecule has 1 heterocycles. The zero-order chi connectivity index (χ0) is 8.27. The molecule has 13 heavy (non-hydrogen) atoms. The largest absolute Gasteiger partial charge is 0.341 e. The van der Waals surface area contributed by atoms with Crippen LogP contribution in [-0.2, 0) is 0 Å². The Bertz CT molecular complexity index is 149. The highest BCUT2D eigenvalue weighted by atomic mass is 35.5. The van der Waals surface area contributed by atoms with Crippen molar-refractivity contribution in [2.45, 2.75) is 18.9 Å². The van der Waals surface area contributed by atoms with E-state index in [1.54, 1.807) is 11.9 Å². The van der Waals surface area contributed by atoms with E-state index in [1.165, 1.54) is 0 Å². The highest BCUT2D eigenvalue weighted by Crippen LogP contribution is 2.07. The van der Waals surface area contributed by atoms with Gasteiger partial charge < -0.3 is 16.0 Å². The summed E-state index contributed by atoms with van der Waals surface area (Å²) in [7, 11) is 1.65. The molecule has 0 bridgehead atoms. The van der Waals surface area contributed by atoms with Crippen molar-refractivity contribution in [3.05, 3.63) is 0 Å². The van der Waals surface area contributed by atoms with Gasteiger partial charge in [0, 0.05) is 26.2 Å². The lowest BCUT2D eigenvalue weighted by atomic mass is 10.1. The summed E-state index contributed by atoms with van der Waals surface area (Å²) in [4.78, 5) is 12.8. The van der Waals surface area contributed by atoms with Crippen LogP contribution < -0.4 is 11.1 Å². The van der Waals surface area contributed by atoms with Crippen molar-refractivity contribution in [2.24, 2.45) is 5.73 Å². The van der Waals surface area contributed by atoms with Crippen LogP contribution in [0, 0.1) is 0 Å². The molecule has 1 aliphatic heterocycles. The molecule has 3 N–H and O–H groups in total. The summed E-state index contributed by atoms with van der Waals surface area (Å²) in [5.74, 6) is 0. The number of likely N-dealkylation sites (tertiary alicyclic amines) is 1. The molecule has 0 atom stereocenters. The van der Waals surface area contributed by atoms with Crippen LogP contribution in [0.1, 0.15) is 12.8 Å². The maximum absolute atomic E-state index is 11.0. The van der Waals surface area contributed by atoms with E-state index in [-0.39, 0.29) is 36.9 Å². The maximum atomic E-state index is 11.0. The van der Waals surface area contributed by atoms with Gasteiger partial charge in [-0.2, -0.15) is 0 Å². The van der Waals surface area contributed by atoms with Gasteiger partial charge in [-0.25, -0.2) is 4.79 Å². The topological polar surface area (TPSA) is 58.4 Å². The van der Waals surface area contributed by atoms with Gasteiger partial charge in [0.25, 0.3) is 0 Å². The molecule has 1 aliphatic rings. The summed E-state index contributed by atoms with van der Waals surface area (Å²) in [6.07, 6.45) is 1.85. The van der Waals surface area contributed by atoms with Gasteiger partial charge in [0.1, 0.15) is 0 Å². The minimum atomic E-state index is 0. The first kappa shape index (κ1) is 15.3. The number of nitrogens with one attached hydrogen (secondary N) is 1. The Labute approximate surface area is 91.0 Å². The molecule has 0 aromatic heterocycles. The number of carbonyl (C=O) groups is 1. The number of nitrogens with two attached hydrogens (primary N) is 1. The number of hydrogen-bond acceptors (Lipinski definition) is 2. The van der Waals surface area contributed by atoms with Crippen molar-refractivity contribution in [3.63, 3.8) is 0 Å². The van der Waals surface area contributed by atoms with Gasteiger partial charge in [-0.3, -0.25) is 0 Å². The molecule has 80 valence electrons. The summed E-state index contributed by atoms with van der Waals surface area (Å²) in [5.41, 5.74) is 5.68. The molecule has 0 aromatic rings. The minimum absolute atomic E-state index is 0. The van der Waals surface area contributed by atoms with Crippen molar-refractivity contribution in [1.82, 2.24) is 10.2 Å². The zero-order valence-electron chi connectivity index (χ0n) is 7.66. The lowest BCUT2D eigenvalue weighted by Gasteiger charge is -2.29. The van der Waals surface area contributed by atoms with E-state index in [1.807, 2.05) is 0 Å². The van der Waals surface area contributed by atoms with Gasteiger partial charge in [0.2, 0.25) is 0 Å². The van der Waals surface area contributed by atoms with E-state index >= 15 is 0 Å². The monoisotopic (exact) mass is 229 g/mol. The Kier molecular flexibility index (Phi) is 8.51. The molecule has 1 rings (SSSR count). The van der Waals surface area contributed by atoms with Crippen LogP contribution in [0.3, 0.4) is 0 Å². The third-order valence-corrected chi connectivity index (χ3v) is 2.04. The molecular weight excluding hydrogens is 213 g/mol. The van der Waals surface area contributed by atoms with Crippen molar-refractivity contribution >= 4 is 30.8 Å². The normalized spacial score (nSPS) is 16.9. The fourth-order valence-electron chi connectivity index (χ4n) is 1.26. The number of urea groups is 1. The smallest absolute Gasteiger partial charge is 0.317 e. The number of carbonyl (C=O) groups excluding carboxylic acids is 1. The lowest BCUT2D eigenvalue weighted by molar-refractivity contribution is 0.184. The molecular formula is C7H17Cl2N3O. The van der Waals surface area contributed by atoms with Crippen molar-refractivity contribution < 1.29 is 4.79 Å². The summed E-state index contributed by atoms with van der Waals surface area (Å²) in [6, 6.07) is 0.299. The molecule has 4 nitrogen and oxygen atoms in total. The Morgan fingerprint density at radius 1 is 1.38 bits per heavy atom. The van der Waals surface area contributed by atoms with Gasteiger partial charge in [0.15, 0.2) is 0 Å². The fourth-order valence-corrected chi connectivity index (χ4v) is 1.26. The van der Waals surface area contributed by atoms with E-state index < -0.39 is 0 Å². The molecule has 0 radical (unpaired) electrons. The molecule has 1 fully saturated rings. The molecule has 1 saturated heterocycles. The van der Waals surface area contributed by atoms with Gasteiger partial charge in [-0.1, -0.05) is 0 Å². The molecule has 0 saturated carbocycles. The molecule has 2 amide bonds. The fraction of sp³-hybridized carbons (Fsp3) is 0.857. The molecule has 0 aliphatic carbocycles. The first-order chi connectivity index (χ1) is 5.24. The van der Waals surface area contributed by atoms with Gasteiger partial charge in [-0.05, 0) is 12.8 Å². The van der Waals surface area contributed by atoms with E-state index in [9.17, 15) is 4.79 Å². The summed E-state index contributed by atoms with van der Waals surface area (Å²) in [6.45, 7) is 1.58. The summed E-state index contributed by atoms with van der Waals surface area (Å²) < 4.78 is 0. The van der Waals surface area contributed by atoms with Gasteiger partial charge in [0.05, 0.1) is 0 Å². The van der Waals surface area contributed by atoms with Gasteiger partial charge in [-0.15, -0.1) is 24.8 Å². The third-order valence-electron chi connectivity index (χ3n) is 2.04. The Morgan fingerprint density at radius 3 is 2.23 bits per heavy atom. The van der Waals surface area contributed by atoms with Crippen molar-refractivity contribution in [1.29, 1.82) is 0 Å². The number of nitrogens with zero attached hydrogens (tertiary/aromatic N) is 1. The first-order valence-electron chi connectivity index (χ1n) is 3.96. The quantitative estimate of drug-likeness (QED) is 0.640. The second kappa shape index (κ2) is 7.24. The number of rotatable bonds is 0. The predicted octanol–water partition coefficient (Wildman–Crippen LogP) is 0.593. The van der Waals surface area contributed by atoms with Crippen molar-refractivity contribution in [3.8, 4) is 0 Å². The molecule has 0 aromatic carbocycles. The highest BCUT2D eigenvalue weighted by Gasteiger charge is 2.18. The Hall–Kier alpha value is -0.190. The van der Waals surface area contributed by atoms with Crippen LogP contribution in [0.4, 0.5) is 4.79 Å². The SMILES string of the molecule is CNC(=O)N1CCC(N)CC1.Cl.Cl. The Morgan fingerprint density at radius 2 is 1.85 bits per heavy atom. The second-order valence-corrected chi connectivity index (χ2v) is 2.88. The van der Waals surface area contributed by atoms with Crippen LogP contribution >= 0.6 is 24.8 Å². The Balaban J connectivity index is 0. The first-order valence-corrected chi connectivity index (χ1v) is 3.96. The van der Waals surface area contributed by atoms with Crippen LogP contribution in [0.15, 0.2) is 0 Å². The van der Waals surface area contributed by atoms with Gasteiger partial charge >= 0.3 is 6.03 Å². The van der Waals surface area contributed by atoms with Crippen LogP contribution in [0.5, 0.6) is 0 Å². The number of piperidine rings is 1. The van der Waals surface area contributed by atoms with E-state index in [0.717, 1.165) is 25.9 Å². The number of amides is 2. The second-order valence-electron chi connectivity index (χ2n) is 2.88. The van der Waals surface area contributed by atoms with Crippen LogP contribution in [0.25, 0.3) is 0 Å². The van der Waals surface area contributed by atoms with Crippen molar-refractivity contribution in [2.75, 3.05) is 20.1 Å². The maximum Gasteiger partial charge on any atom is 0.317 e. The van der Waals surface area contributed by atoms with E-state index in [0.29, 0.717) is 0 Å². The molecule has 0 unspecified atom stereocenters. The lowest BCUT2D eigenvalue weighted by Crippen LogP contribution is -2.46. The standard InChI is InChI=1S/C7H15N3O.2ClH/c1-9-7(11)10-4-2-6(8)3-5-10;;/h6H,2-5,8H2,1H3,(H,9,11);2*1H. The predicted molar refractivity (Wildman–Crippen MR) is 57.7 cm³/mol. The average molecular weight is 230 g/mol. The minimum Gasteiger partial charge on any atom is -0.341 e. The van der Waals surface area contributed by atoms with E-state index in [2.05, 4.69) is 5.32 Å². The third kappa shape index (κ3) is 4.55. The average Bonchev–Trinajstić information content (AvgIpc) is 2.05. The number of hydrogen-bond donors (Lipinski definition) is 2. The van der Waals surface area contributed by atoms with E-state index in [4.69, 9.17) is 5.73 Å². The summed E-state index contributed by atoms with van der Waals surface area (Å²) in [5, 5.41) is 2.60. The summed E-state index contributed by atoms with van der Waals surface area (Å²) >= 11 is 0.